The Kier molecular flexibility index (Phi) is 3.57. The predicted octanol–water partition coefficient (Wildman–Crippen LogP) is 3.03. The van der Waals surface area contributed by atoms with Gasteiger partial charge in [0.15, 0.2) is 0 Å². The van der Waals surface area contributed by atoms with Gasteiger partial charge in [-0.15, -0.1) is 0 Å². The van der Waals surface area contributed by atoms with Crippen LogP contribution in [0.25, 0.3) is 11.3 Å². The van der Waals surface area contributed by atoms with Crippen molar-refractivity contribution in [3.05, 3.63) is 69.6 Å². The largest absolute Gasteiger partial charge is 0.349 e. The third kappa shape index (κ3) is 2.51. The lowest BCUT2D eigenvalue weighted by Crippen LogP contribution is -2.36. The number of hydrogen-bond donors (Lipinski definition) is 1. The van der Waals surface area contributed by atoms with Crippen LogP contribution in [0, 0.1) is 0 Å². The fourth-order valence-corrected chi connectivity index (χ4v) is 3.97. The Bertz CT molecular complexity index is 1020. The van der Waals surface area contributed by atoms with E-state index in [0.717, 1.165) is 59.0 Å². The molecule has 1 aliphatic heterocycles. The van der Waals surface area contributed by atoms with Gasteiger partial charge in [0.1, 0.15) is 5.69 Å². The second-order valence-electron chi connectivity index (χ2n) is 6.79. The summed E-state index contributed by atoms with van der Waals surface area (Å²) in [6, 6.07) is 9.97. The van der Waals surface area contributed by atoms with Crippen LogP contribution in [0.3, 0.4) is 0 Å². The Morgan fingerprint density at radius 1 is 1.19 bits per heavy atom. The van der Waals surface area contributed by atoms with E-state index < -0.39 is 0 Å². The molecule has 1 aromatic carbocycles. The van der Waals surface area contributed by atoms with Crippen LogP contribution in [0.15, 0.2) is 36.5 Å². The molecule has 2 aliphatic rings. The molecule has 1 aliphatic carbocycles. The predicted molar refractivity (Wildman–Crippen MR) is 99.5 cm³/mol. The molecule has 0 spiro atoms. The summed E-state index contributed by atoms with van der Waals surface area (Å²) in [5.74, 6) is -0.0103. The molecule has 0 saturated heterocycles. The highest BCUT2D eigenvalue weighted by molar-refractivity contribution is 6.30. The zero-order valence-electron chi connectivity index (χ0n) is 14.1. The van der Waals surface area contributed by atoms with Crippen LogP contribution in [0.2, 0.25) is 5.02 Å². The number of halogens is 1. The normalized spacial score (nSPS) is 15.0. The van der Waals surface area contributed by atoms with E-state index in [-0.39, 0.29) is 5.91 Å². The number of hydrogen-bond acceptors (Lipinski definition) is 3. The van der Waals surface area contributed by atoms with Crippen LogP contribution < -0.4 is 5.32 Å². The maximum atomic E-state index is 12.3. The lowest BCUT2D eigenvalue weighted by molar-refractivity contribution is 0.0923. The smallest absolute Gasteiger partial charge is 0.269 e. The summed E-state index contributed by atoms with van der Waals surface area (Å²) in [5.41, 5.74) is 7.22. The van der Waals surface area contributed by atoms with E-state index in [1.165, 1.54) is 11.1 Å². The first-order valence-corrected chi connectivity index (χ1v) is 9.17. The number of amides is 1. The van der Waals surface area contributed by atoms with Gasteiger partial charge in [-0.25, -0.2) is 0 Å². The first-order chi connectivity index (χ1) is 12.7. The van der Waals surface area contributed by atoms with Crippen molar-refractivity contribution in [2.45, 2.75) is 25.8 Å². The van der Waals surface area contributed by atoms with Crippen molar-refractivity contribution in [3.8, 4) is 11.3 Å². The number of fused-ring (bicyclic) bond motifs is 5. The van der Waals surface area contributed by atoms with Gasteiger partial charge in [0.25, 0.3) is 5.91 Å². The monoisotopic (exact) mass is 364 g/mol. The number of rotatable bonds is 2. The number of pyridine rings is 1. The minimum atomic E-state index is -0.0103. The van der Waals surface area contributed by atoms with Gasteiger partial charge in [-0.05, 0) is 42.2 Å². The molecule has 1 amide bonds. The van der Waals surface area contributed by atoms with Gasteiger partial charge < -0.3 is 5.32 Å². The maximum Gasteiger partial charge on any atom is 0.269 e. The lowest BCUT2D eigenvalue weighted by Gasteiger charge is -2.18. The van der Waals surface area contributed by atoms with Crippen molar-refractivity contribution >= 4 is 17.5 Å². The van der Waals surface area contributed by atoms with Gasteiger partial charge in [0.05, 0.1) is 12.2 Å². The summed E-state index contributed by atoms with van der Waals surface area (Å²) < 4.78 is 1.86. The molecular weight excluding hydrogens is 348 g/mol. The topological polar surface area (TPSA) is 59.8 Å². The van der Waals surface area contributed by atoms with Gasteiger partial charge in [0.2, 0.25) is 0 Å². The molecule has 3 aromatic rings. The van der Waals surface area contributed by atoms with Crippen molar-refractivity contribution in [1.29, 1.82) is 0 Å². The number of benzene rings is 1. The molecular formula is C20H17ClN4O. The molecule has 130 valence electrons. The number of aryl methyl sites for hydroxylation is 1. The third-order valence-corrected chi connectivity index (χ3v) is 5.37. The highest BCUT2D eigenvalue weighted by Gasteiger charge is 2.30. The van der Waals surface area contributed by atoms with Crippen molar-refractivity contribution in [2.24, 2.45) is 0 Å². The molecule has 0 saturated carbocycles. The van der Waals surface area contributed by atoms with Gasteiger partial charge >= 0.3 is 0 Å². The summed E-state index contributed by atoms with van der Waals surface area (Å²) in [6.07, 6.45) is 4.43. The highest BCUT2D eigenvalue weighted by atomic mass is 35.5. The van der Waals surface area contributed by atoms with E-state index in [0.29, 0.717) is 6.54 Å². The Morgan fingerprint density at radius 3 is 2.88 bits per heavy atom. The van der Waals surface area contributed by atoms with Gasteiger partial charge in [0, 0.05) is 41.0 Å². The van der Waals surface area contributed by atoms with Crippen LogP contribution in [0.4, 0.5) is 0 Å². The summed E-state index contributed by atoms with van der Waals surface area (Å²) in [5, 5.41) is 8.41. The van der Waals surface area contributed by atoms with E-state index in [1.54, 1.807) is 0 Å². The van der Waals surface area contributed by atoms with Crippen molar-refractivity contribution < 1.29 is 4.79 Å². The SMILES string of the molecule is O=C1NCCn2nc3c(c21)CCc1cnc(Cc2ccc(Cl)cc2)cc1-3. The minimum Gasteiger partial charge on any atom is -0.349 e. The number of carbonyl (C=O) groups is 1. The molecule has 3 heterocycles. The molecule has 0 bridgehead atoms. The molecule has 0 atom stereocenters. The van der Waals surface area contributed by atoms with E-state index in [2.05, 4.69) is 16.4 Å². The molecule has 6 heteroatoms. The molecule has 2 aromatic heterocycles. The Morgan fingerprint density at radius 2 is 2.04 bits per heavy atom. The van der Waals surface area contributed by atoms with Crippen LogP contribution >= 0.6 is 11.6 Å². The summed E-state index contributed by atoms with van der Waals surface area (Å²) in [7, 11) is 0. The Balaban J connectivity index is 1.56. The van der Waals surface area contributed by atoms with E-state index in [1.807, 2.05) is 35.1 Å². The average molecular weight is 365 g/mol. The second-order valence-corrected chi connectivity index (χ2v) is 7.23. The third-order valence-electron chi connectivity index (χ3n) is 5.12. The first kappa shape index (κ1) is 15.6. The number of aromatic nitrogens is 3. The average Bonchev–Trinajstić information content (AvgIpc) is 3.04. The zero-order valence-corrected chi connectivity index (χ0v) is 14.9. The fraction of sp³-hybridized carbons (Fsp3) is 0.250. The van der Waals surface area contributed by atoms with Gasteiger partial charge in [-0.1, -0.05) is 23.7 Å². The number of nitrogens with zero attached hydrogens (tertiary/aromatic N) is 3. The molecule has 0 radical (unpaired) electrons. The quantitative estimate of drug-likeness (QED) is 0.760. The standard InChI is InChI=1S/C20H17ClN4O/c21-14-4-1-12(2-5-14)9-15-10-17-13(11-23-15)3-6-16-18(17)24-25-8-7-22-20(26)19(16)25/h1-2,4-5,10-11H,3,6-9H2,(H,22,26). The minimum absolute atomic E-state index is 0.0103. The van der Waals surface area contributed by atoms with Crippen LogP contribution in [-0.2, 0) is 25.8 Å². The van der Waals surface area contributed by atoms with Crippen molar-refractivity contribution in [2.75, 3.05) is 6.54 Å². The van der Waals surface area contributed by atoms with Crippen molar-refractivity contribution in [3.63, 3.8) is 0 Å². The van der Waals surface area contributed by atoms with Gasteiger partial charge in [-0.3, -0.25) is 14.5 Å². The van der Waals surface area contributed by atoms with E-state index in [9.17, 15) is 4.79 Å². The second kappa shape index (κ2) is 5.95. The molecule has 5 rings (SSSR count). The molecule has 26 heavy (non-hydrogen) atoms. The van der Waals surface area contributed by atoms with Gasteiger partial charge in [-0.2, -0.15) is 5.10 Å². The molecule has 0 unspecified atom stereocenters. The highest BCUT2D eigenvalue weighted by Crippen LogP contribution is 2.35. The Hall–Kier alpha value is -2.66. The van der Waals surface area contributed by atoms with E-state index >= 15 is 0 Å². The molecule has 5 nitrogen and oxygen atoms in total. The summed E-state index contributed by atoms with van der Waals surface area (Å²) in [6.45, 7) is 1.36. The first-order valence-electron chi connectivity index (χ1n) is 8.79. The van der Waals surface area contributed by atoms with Crippen LogP contribution in [-0.4, -0.2) is 27.2 Å². The lowest BCUT2D eigenvalue weighted by atomic mass is 9.89. The zero-order chi connectivity index (χ0) is 17.7. The number of carbonyl (C=O) groups excluding carboxylic acids is 1. The van der Waals surface area contributed by atoms with E-state index in [4.69, 9.17) is 16.7 Å². The van der Waals surface area contributed by atoms with Crippen LogP contribution in [0.5, 0.6) is 0 Å². The molecule has 1 N–H and O–H groups in total. The molecule has 0 fully saturated rings. The Labute approximate surface area is 156 Å². The van der Waals surface area contributed by atoms with Crippen LogP contribution in [0.1, 0.15) is 32.9 Å². The summed E-state index contributed by atoms with van der Waals surface area (Å²) in [4.78, 5) is 16.9. The fourth-order valence-electron chi connectivity index (χ4n) is 3.84. The number of nitrogens with one attached hydrogen (secondary N) is 1. The maximum absolute atomic E-state index is 12.3. The summed E-state index contributed by atoms with van der Waals surface area (Å²) >= 11 is 5.97. The van der Waals surface area contributed by atoms with Crippen molar-refractivity contribution in [1.82, 2.24) is 20.1 Å².